The summed E-state index contributed by atoms with van der Waals surface area (Å²) >= 11 is 4.43. The fourth-order valence-corrected chi connectivity index (χ4v) is 4.56. The second kappa shape index (κ2) is 9.06. The van der Waals surface area contributed by atoms with Gasteiger partial charge >= 0.3 is 0 Å². The van der Waals surface area contributed by atoms with Crippen LogP contribution < -0.4 is 4.74 Å². The molecule has 1 heterocycles. The number of amides is 2. The van der Waals surface area contributed by atoms with Crippen LogP contribution in [0.2, 0.25) is 0 Å². The molecule has 4 nitrogen and oxygen atoms in total. The molecule has 1 fully saturated rings. The Hall–Kier alpha value is -2.57. The molecule has 152 valence electrons. The third-order valence-electron chi connectivity index (χ3n) is 4.80. The maximum absolute atomic E-state index is 13.0. The van der Waals surface area contributed by atoms with Gasteiger partial charge in [-0.15, -0.1) is 0 Å². The molecule has 30 heavy (non-hydrogen) atoms. The van der Waals surface area contributed by atoms with Gasteiger partial charge in [0, 0.05) is 10.0 Å². The summed E-state index contributed by atoms with van der Waals surface area (Å²) < 4.78 is 6.68. The van der Waals surface area contributed by atoms with Crippen LogP contribution in [0.25, 0.3) is 16.8 Å². The van der Waals surface area contributed by atoms with Gasteiger partial charge in [-0.25, -0.2) is 0 Å². The number of halogens is 1. The molecule has 1 saturated heterocycles. The number of ether oxygens (including phenoxy) is 1. The number of carbonyl (C=O) groups excluding carboxylic acids is 2. The zero-order valence-corrected chi connectivity index (χ0v) is 18.8. The van der Waals surface area contributed by atoms with Gasteiger partial charge in [-0.3, -0.25) is 14.5 Å². The molecule has 0 N–H and O–H groups in total. The molecule has 1 aliphatic rings. The first kappa shape index (κ1) is 20.7. The molecule has 0 aliphatic carbocycles. The first-order chi connectivity index (χ1) is 14.6. The van der Waals surface area contributed by atoms with Crippen molar-refractivity contribution < 1.29 is 14.3 Å². The Kier molecular flexibility index (Phi) is 6.25. The van der Waals surface area contributed by atoms with E-state index in [0.29, 0.717) is 17.3 Å². The Labute approximate surface area is 188 Å². The number of fused-ring (bicyclic) bond motifs is 1. The fraction of sp³-hybridized carbons (Fsp3) is 0.167. The zero-order valence-electron chi connectivity index (χ0n) is 16.4. The lowest BCUT2D eigenvalue weighted by molar-refractivity contribution is -0.123. The van der Waals surface area contributed by atoms with Gasteiger partial charge < -0.3 is 4.74 Å². The second-order valence-corrected chi connectivity index (χ2v) is 8.85. The summed E-state index contributed by atoms with van der Waals surface area (Å²) in [7, 11) is 0. The fourth-order valence-electron chi connectivity index (χ4n) is 3.35. The highest BCUT2D eigenvalue weighted by Gasteiger charge is 2.35. The van der Waals surface area contributed by atoms with E-state index < -0.39 is 0 Å². The van der Waals surface area contributed by atoms with E-state index in [2.05, 4.69) is 15.9 Å². The Morgan fingerprint density at radius 1 is 1.07 bits per heavy atom. The van der Waals surface area contributed by atoms with Gasteiger partial charge in [0.15, 0.2) is 0 Å². The van der Waals surface area contributed by atoms with Crippen molar-refractivity contribution in [2.24, 2.45) is 0 Å². The summed E-state index contributed by atoms with van der Waals surface area (Å²) in [4.78, 5) is 27.4. The first-order valence-electron chi connectivity index (χ1n) is 9.71. The summed E-state index contributed by atoms with van der Waals surface area (Å²) in [5.41, 5.74) is 1.72. The molecule has 0 saturated carbocycles. The van der Waals surface area contributed by atoms with Crippen molar-refractivity contribution in [3.63, 3.8) is 0 Å². The summed E-state index contributed by atoms with van der Waals surface area (Å²) in [6, 6.07) is 19.6. The monoisotopic (exact) mass is 481 g/mol. The van der Waals surface area contributed by atoms with E-state index in [9.17, 15) is 9.59 Å². The van der Waals surface area contributed by atoms with E-state index in [1.165, 1.54) is 4.90 Å². The van der Waals surface area contributed by atoms with Crippen molar-refractivity contribution in [2.45, 2.75) is 19.9 Å². The molecule has 0 bridgehead atoms. The van der Waals surface area contributed by atoms with Crippen LogP contribution in [0.5, 0.6) is 5.75 Å². The number of rotatable bonds is 6. The van der Waals surface area contributed by atoms with Crippen LogP contribution in [0.4, 0.5) is 4.79 Å². The predicted octanol–water partition coefficient (Wildman–Crippen LogP) is 6.63. The third kappa shape index (κ3) is 4.30. The largest absolute Gasteiger partial charge is 0.493 e. The highest BCUT2D eigenvalue weighted by Crippen LogP contribution is 2.36. The summed E-state index contributed by atoms with van der Waals surface area (Å²) in [6.07, 6.45) is 2.63. The van der Waals surface area contributed by atoms with Crippen molar-refractivity contribution in [2.75, 3.05) is 6.61 Å². The summed E-state index contributed by atoms with van der Waals surface area (Å²) in [5.74, 6) is 0.417. The lowest BCUT2D eigenvalue weighted by Gasteiger charge is -2.14. The van der Waals surface area contributed by atoms with Crippen LogP contribution in [0.1, 0.15) is 24.5 Å². The topological polar surface area (TPSA) is 46.6 Å². The first-order valence-corrected chi connectivity index (χ1v) is 11.3. The van der Waals surface area contributed by atoms with E-state index in [0.717, 1.165) is 44.6 Å². The van der Waals surface area contributed by atoms with Crippen molar-refractivity contribution >= 4 is 55.7 Å². The van der Waals surface area contributed by atoms with E-state index >= 15 is 0 Å². The van der Waals surface area contributed by atoms with E-state index in [1.807, 2.05) is 67.6 Å². The molecule has 1 aliphatic heterocycles. The van der Waals surface area contributed by atoms with Crippen LogP contribution in [0.3, 0.4) is 0 Å². The minimum absolute atomic E-state index is 0.251. The standard InChI is InChI=1S/C24H20BrNO3S/c1-2-12-29-21-11-10-19(25)13-18(21)14-22-23(27)26(24(28)30-22)15-17-8-5-7-16-6-3-4-9-20(16)17/h3-11,13-14H,2,12,15H2,1H3/b22-14+. The molecule has 0 radical (unpaired) electrons. The van der Waals surface area contributed by atoms with Gasteiger partial charge in [0.1, 0.15) is 5.75 Å². The summed E-state index contributed by atoms with van der Waals surface area (Å²) in [5, 5.41) is 1.87. The summed E-state index contributed by atoms with van der Waals surface area (Å²) in [6.45, 7) is 2.88. The van der Waals surface area contributed by atoms with Gasteiger partial charge in [-0.2, -0.15) is 0 Å². The Morgan fingerprint density at radius 3 is 2.70 bits per heavy atom. The van der Waals surface area contributed by atoms with Crippen molar-refractivity contribution in [3.8, 4) is 5.75 Å². The lowest BCUT2D eigenvalue weighted by Crippen LogP contribution is -2.27. The predicted molar refractivity (Wildman–Crippen MR) is 125 cm³/mol. The van der Waals surface area contributed by atoms with Gasteiger partial charge in [-0.05, 0) is 58.8 Å². The molecule has 0 spiro atoms. The molecule has 2 amide bonds. The zero-order chi connectivity index (χ0) is 21.1. The molecule has 0 atom stereocenters. The molecule has 0 unspecified atom stereocenters. The molecule has 3 aromatic carbocycles. The normalized spacial score (nSPS) is 15.4. The Balaban J connectivity index is 1.62. The van der Waals surface area contributed by atoms with E-state index in [1.54, 1.807) is 6.08 Å². The number of nitrogens with zero attached hydrogens (tertiary/aromatic N) is 1. The van der Waals surface area contributed by atoms with Crippen LogP contribution in [0.15, 0.2) is 70.0 Å². The van der Waals surface area contributed by atoms with Gasteiger partial charge in [0.2, 0.25) is 0 Å². The quantitative estimate of drug-likeness (QED) is 0.370. The number of thioether (sulfide) groups is 1. The molecule has 3 aromatic rings. The smallest absolute Gasteiger partial charge is 0.293 e. The number of benzene rings is 3. The Bertz CT molecular complexity index is 1150. The van der Waals surface area contributed by atoms with Crippen LogP contribution in [0, 0.1) is 0 Å². The van der Waals surface area contributed by atoms with Gasteiger partial charge in [-0.1, -0.05) is 65.3 Å². The molecule has 0 aromatic heterocycles. The minimum atomic E-state index is -0.278. The SMILES string of the molecule is CCCOc1ccc(Br)cc1/C=C1/SC(=O)N(Cc2cccc3ccccc23)C1=O. The van der Waals surface area contributed by atoms with E-state index in [-0.39, 0.29) is 17.7 Å². The van der Waals surface area contributed by atoms with Gasteiger partial charge in [0.25, 0.3) is 11.1 Å². The minimum Gasteiger partial charge on any atom is -0.493 e. The number of carbonyl (C=O) groups is 2. The Morgan fingerprint density at radius 2 is 1.87 bits per heavy atom. The highest BCUT2D eigenvalue weighted by molar-refractivity contribution is 9.10. The molecular formula is C24H20BrNO3S. The maximum atomic E-state index is 13.0. The molecular weight excluding hydrogens is 462 g/mol. The molecule has 4 rings (SSSR count). The average molecular weight is 482 g/mol. The number of hydrogen-bond acceptors (Lipinski definition) is 4. The lowest BCUT2D eigenvalue weighted by atomic mass is 10.0. The number of hydrogen-bond donors (Lipinski definition) is 0. The van der Waals surface area contributed by atoms with Crippen LogP contribution in [-0.2, 0) is 11.3 Å². The van der Waals surface area contributed by atoms with Crippen LogP contribution in [-0.4, -0.2) is 22.7 Å². The number of imide groups is 1. The third-order valence-corrected chi connectivity index (χ3v) is 6.20. The van der Waals surface area contributed by atoms with Gasteiger partial charge in [0.05, 0.1) is 18.1 Å². The maximum Gasteiger partial charge on any atom is 0.293 e. The van der Waals surface area contributed by atoms with Crippen molar-refractivity contribution in [1.29, 1.82) is 0 Å². The molecule has 6 heteroatoms. The van der Waals surface area contributed by atoms with Crippen LogP contribution >= 0.6 is 27.7 Å². The average Bonchev–Trinajstić information content (AvgIpc) is 3.01. The second-order valence-electron chi connectivity index (χ2n) is 6.94. The van der Waals surface area contributed by atoms with Crippen molar-refractivity contribution in [1.82, 2.24) is 4.90 Å². The highest BCUT2D eigenvalue weighted by atomic mass is 79.9. The van der Waals surface area contributed by atoms with E-state index in [4.69, 9.17) is 4.74 Å². The van der Waals surface area contributed by atoms with Crippen molar-refractivity contribution in [3.05, 3.63) is 81.2 Å².